The van der Waals surface area contributed by atoms with Gasteiger partial charge in [0.25, 0.3) is 0 Å². The fourth-order valence-corrected chi connectivity index (χ4v) is 2.41. The Morgan fingerprint density at radius 3 is 2.90 bits per heavy atom. The number of furan rings is 1. The van der Waals surface area contributed by atoms with Gasteiger partial charge in [0.1, 0.15) is 5.76 Å². The van der Waals surface area contributed by atoms with E-state index in [1.807, 2.05) is 21.8 Å². The van der Waals surface area contributed by atoms with Crippen LogP contribution in [0.15, 0.2) is 41.3 Å². The van der Waals surface area contributed by atoms with Crippen molar-refractivity contribution in [3.8, 4) is 0 Å². The summed E-state index contributed by atoms with van der Waals surface area (Å²) in [4.78, 5) is 13.9. The standard InChI is InChI=1S/C14H16N4O2/c19-14(4-3-13-2-1-11-20-13)17-8-5-12(6-9-17)18-10-7-15-16-18/h1-4,7,10-12H,5-6,8-9H2/b4-3+. The second kappa shape index (κ2) is 5.73. The van der Waals surface area contributed by atoms with Crippen LogP contribution in [0.25, 0.3) is 6.08 Å². The van der Waals surface area contributed by atoms with E-state index in [0.717, 1.165) is 25.9 Å². The number of aromatic nitrogens is 3. The molecule has 3 heterocycles. The normalized spacial score (nSPS) is 16.9. The largest absolute Gasteiger partial charge is 0.465 e. The lowest BCUT2D eigenvalue weighted by atomic mass is 10.1. The van der Waals surface area contributed by atoms with Crippen LogP contribution in [0.4, 0.5) is 0 Å². The van der Waals surface area contributed by atoms with Gasteiger partial charge in [0.05, 0.1) is 18.5 Å². The maximum absolute atomic E-state index is 12.0. The molecule has 1 fully saturated rings. The van der Waals surface area contributed by atoms with Gasteiger partial charge in [-0.1, -0.05) is 5.21 Å². The van der Waals surface area contributed by atoms with Gasteiger partial charge in [-0.05, 0) is 31.1 Å². The smallest absolute Gasteiger partial charge is 0.246 e. The van der Waals surface area contributed by atoms with Crippen LogP contribution in [0.2, 0.25) is 0 Å². The Kier molecular flexibility index (Phi) is 3.62. The molecule has 104 valence electrons. The van der Waals surface area contributed by atoms with Crippen LogP contribution >= 0.6 is 0 Å². The summed E-state index contributed by atoms with van der Waals surface area (Å²) in [5.41, 5.74) is 0. The highest BCUT2D eigenvalue weighted by Gasteiger charge is 2.22. The molecular formula is C14H16N4O2. The van der Waals surface area contributed by atoms with Crippen LogP contribution in [0.5, 0.6) is 0 Å². The first-order valence-corrected chi connectivity index (χ1v) is 6.69. The van der Waals surface area contributed by atoms with Crippen molar-refractivity contribution in [2.45, 2.75) is 18.9 Å². The zero-order chi connectivity index (χ0) is 13.8. The monoisotopic (exact) mass is 272 g/mol. The van der Waals surface area contributed by atoms with Gasteiger partial charge in [-0.25, -0.2) is 4.68 Å². The number of carbonyl (C=O) groups excluding carboxylic acids is 1. The molecule has 1 amide bonds. The van der Waals surface area contributed by atoms with E-state index in [2.05, 4.69) is 10.3 Å². The van der Waals surface area contributed by atoms with E-state index in [-0.39, 0.29) is 5.91 Å². The Morgan fingerprint density at radius 1 is 1.40 bits per heavy atom. The number of amides is 1. The van der Waals surface area contributed by atoms with Gasteiger partial charge in [0, 0.05) is 25.4 Å². The Morgan fingerprint density at radius 2 is 2.25 bits per heavy atom. The molecule has 0 radical (unpaired) electrons. The van der Waals surface area contributed by atoms with Crippen LogP contribution in [0.3, 0.4) is 0 Å². The van der Waals surface area contributed by atoms with Gasteiger partial charge in [0.15, 0.2) is 0 Å². The second-order valence-corrected chi connectivity index (χ2v) is 4.79. The van der Waals surface area contributed by atoms with Gasteiger partial charge in [0.2, 0.25) is 5.91 Å². The van der Waals surface area contributed by atoms with Crippen molar-refractivity contribution < 1.29 is 9.21 Å². The van der Waals surface area contributed by atoms with E-state index >= 15 is 0 Å². The van der Waals surface area contributed by atoms with Crippen molar-refractivity contribution >= 4 is 12.0 Å². The minimum absolute atomic E-state index is 0.0263. The molecule has 20 heavy (non-hydrogen) atoms. The molecule has 0 aromatic carbocycles. The van der Waals surface area contributed by atoms with Crippen LogP contribution in [0, 0.1) is 0 Å². The Labute approximate surface area is 116 Å². The molecule has 0 unspecified atom stereocenters. The number of hydrogen-bond acceptors (Lipinski definition) is 4. The van der Waals surface area contributed by atoms with Gasteiger partial charge in [-0.3, -0.25) is 4.79 Å². The molecule has 1 aliphatic heterocycles. The van der Waals surface area contributed by atoms with Crippen LogP contribution in [-0.4, -0.2) is 38.9 Å². The summed E-state index contributed by atoms with van der Waals surface area (Å²) in [5, 5.41) is 7.84. The third kappa shape index (κ3) is 2.79. The number of nitrogens with zero attached hydrogens (tertiary/aromatic N) is 4. The van der Waals surface area contributed by atoms with Crippen molar-refractivity contribution in [2.24, 2.45) is 0 Å². The molecule has 1 aliphatic rings. The maximum atomic E-state index is 12.0. The molecule has 2 aromatic rings. The van der Waals surface area contributed by atoms with Gasteiger partial charge in [-0.15, -0.1) is 5.10 Å². The first-order chi connectivity index (χ1) is 9.83. The number of piperidine rings is 1. The fourth-order valence-electron chi connectivity index (χ4n) is 2.41. The van der Waals surface area contributed by atoms with E-state index < -0.39 is 0 Å². The Hall–Kier alpha value is -2.37. The number of carbonyl (C=O) groups is 1. The molecule has 3 rings (SSSR count). The molecular weight excluding hydrogens is 256 g/mol. The highest BCUT2D eigenvalue weighted by atomic mass is 16.3. The summed E-state index contributed by atoms with van der Waals surface area (Å²) < 4.78 is 7.04. The summed E-state index contributed by atoms with van der Waals surface area (Å²) in [5.74, 6) is 0.717. The predicted octanol–water partition coefficient (Wildman–Crippen LogP) is 1.75. The molecule has 0 spiro atoms. The minimum atomic E-state index is 0.0263. The molecule has 0 bridgehead atoms. The zero-order valence-corrected chi connectivity index (χ0v) is 11.1. The van der Waals surface area contributed by atoms with Crippen LogP contribution in [0.1, 0.15) is 24.6 Å². The highest BCUT2D eigenvalue weighted by molar-refractivity contribution is 5.91. The lowest BCUT2D eigenvalue weighted by Crippen LogP contribution is -2.38. The van der Waals surface area contributed by atoms with E-state index in [4.69, 9.17) is 4.42 Å². The molecule has 0 aliphatic carbocycles. The molecule has 0 N–H and O–H groups in total. The van der Waals surface area contributed by atoms with E-state index in [1.54, 1.807) is 30.7 Å². The molecule has 0 saturated carbocycles. The first-order valence-electron chi connectivity index (χ1n) is 6.69. The van der Waals surface area contributed by atoms with Crippen molar-refractivity contribution in [1.82, 2.24) is 19.9 Å². The Bertz CT molecular complexity index is 566. The molecule has 6 nitrogen and oxygen atoms in total. The molecule has 0 atom stereocenters. The zero-order valence-electron chi connectivity index (χ0n) is 11.1. The second-order valence-electron chi connectivity index (χ2n) is 4.79. The van der Waals surface area contributed by atoms with Crippen LogP contribution in [-0.2, 0) is 4.79 Å². The summed E-state index contributed by atoms with van der Waals surface area (Å²) >= 11 is 0. The summed E-state index contributed by atoms with van der Waals surface area (Å²) in [6.45, 7) is 1.48. The van der Waals surface area contributed by atoms with Gasteiger partial charge >= 0.3 is 0 Å². The average molecular weight is 272 g/mol. The van der Waals surface area contributed by atoms with Gasteiger partial charge in [-0.2, -0.15) is 0 Å². The quantitative estimate of drug-likeness (QED) is 0.798. The number of likely N-dealkylation sites (tertiary alicyclic amines) is 1. The summed E-state index contributed by atoms with van der Waals surface area (Å²) in [6, 6.07) is 3.96. The van der Waals surface area contributed by atoms with Crippen molar-refractivity contribution in [1.29, 1.82) is 0 Å². The summed E-state index contributed by atoms with van der Waals surface area (Å²) in [6.07, 6.45) is 10.2. The van der Waals surface area contributed by atoms with Crippen molar-refractivity contribution in [3.05, 3.63) is 42.6 Å². The van der Waals surface area contributed by atoms with Gasteiger partial charge < -0.3 is 9.32 Å². The average Bonchev–Trinajstić information content (AvgIpc) is 3.18. The SMILES string of the molecule is O=C(/C=C/c1ccco1)N1CCC(n2ccnn2)CC1. The topological polar surface area (TPSA) is 64.2 Å². The molecule has 2 aromatic heterocycles. The molecule has 6 heteroatoms. The highest BCUT2D eigenvalue weighted by Crippen LogP contribution is 2.21. The lowest BCUT2D eigenvalue weighted by molar-refractivity contribution is -0.127. The lowest BCUT2D eigenvalue weighted by Gasteiger charge is -2.31. The van der Waals surface area contributed by atoms with Crippen LogP contribution < -0.4 is 0 Å². The minimum Gasteiger partial charge on any atom is -0.465 e. The van der Waals surface area contributed by atoms with E-state index in [1.165, 1.54) is 0 Å². The third-order valence-corrected chi connectivity index (χ3v) is 3.52. The Balaban J connectivity index is 1.54. The van der Waals surface area contributed by atoms with Crippen molar-refractivity contribution in [3.63, 3.8) is 0 Å². The maximum Gasteiger partial charge on any atom is 0.246 e. The summed E-state index contributed by atoms with van der Waals surface area (Å²) in [7, 11) is 0. The van der Waals surface area contributed by atoms with Crippen molar-refractivity contribution in [2.75, 3.05) is 13.1 Å². The fraction of sp³-hybridized carbons (Fsp3) is 0.357. The van der Waals surface area contributed by atoms with E-state index in [9.17, 15) is 4.79 Å². The number of rotatable bonds is 3. The molecule has 1 saturated heterocycles. The first kappa shape index (κ1) is 12.7. The number of hydrogen-bond donors (Lipinski definition) is 0. The van der Waals surface area contributed by atoms with E-state index in [0.29, 0.717) is 11.8 Å². The third-order valence-electron chi connectivity index (χ3n) is 3.52. The predicted molar refractivity (Wildman–Crippen MR) is 72.6 cm³/mol.